The summed E-state index contributed by atoms with van der Waals surface area (Å²) in [6.45, 7) is 3.99. The van der Waals surface area contributed by atoms with Gasteiger partial charge in [0.1, 0.15) is 5.82 Å². The Morgan fingerprint density at radius 1 is 1.12 bits per heavy atom. The highest BCUT2D eigenvalue weighted by molar-refractivity contribution is 5.65. The molecule has 1 unspecified atom stereocenters. The Labute approximate surface area is 139 Å². The predicted octanol–water partition coefficient (Wildman–Crippen LogP) is 5.11. The van der Waals surface area contributed by atoms with Gasteiger partial charge >= 0.3 is 0 Å². The zero-order valence-corrected chi connectivity index (χ0v) is 13.7. The number of methoxy groups -OCH3 is 1. The van der Waals surface area contributed by atoms with Gasteiger partial charge in [0, 0.05) is 5.92 Å². The quantitative estimate of drug-likeness (QED) is 0.774. The van der Waals surface area contributed by atoms with Crippen LogP contribution in [0.25, 0.3) is 0 Å². The lowest BCUT2D eigenvalue weighted by molar-refractivity contribution is 0.266. The minimum Gasteiger partial charge on any atom is -0.482 e. The molecular formula is C19H18F3NO. The summed E-state index contributed by atoms with van der Waals surface area (Å²) >= 11 is 0. The van der Waals surface area contributed by atoms with Gasteiger partial charge in [0.25, 0.3) is 0 Å². The first-order valence-electron chi connectivity index (χ1n) is 7.68. The minimum atomic E-state index is -0.919. The number of rotatable bonds is 3. The van der Waals surface area contributed by atoms with Crippen molar-refractivity contribution in [3.05, 3.63) is 76.4 Å². The topological polar surface area (TPSA) is 12.5 Å². The number of ether oxygens (including phenoxy) is 1. The maximum atomic E-state index is 14.6. The zero-order chi connectivity index (χ0) is 17.4. The van der Waals surface area contributed by atoms with Crippen molar-refractivity contribution >= 4 is 5.69 Å². The molecule has 0 saturated heterocycles. The monoisotopic (exact) mass is 333 g/mol. The molecule has 0 N–H and O–H groups in total. The number of halogens is 3. The fourth-order valence-corrected chi connectivity index (χ4v) is 3.15. The fourth-order valence-electron chi connectivity index (χ4n) is 3.15. The van der Waals surface area contributed by atoms with Crippen LogP contribution in [0.2, 0.25) is 0 Å². The van der Waals surface area contributed by atoms with Crippen molar-refractivity contribution in [3.8, 4) is 0 Å². The first kappa shape index (κ1) is 16.4. The maximum Gasteiger partial charge on any atom is 0.193 e. The van der Waals surface area contributed by atoms with E-state index in [0.29, 0.717) is 17.0 Å². The van der Waals surface area contributed by atoms with Crippen molar-refractivity contribution < 1.29 is 17.9 Å². The summed E-state index contributed by atoms with van der Waals surface area (Å²) < 4.78 is 47.3. The summed E-state index contributed by atoms with van der Waals surface area (Å²) in [5.74, 6) is -1.85. The predicted molar refractivity (Wildman–Crippen MR) is 87.1 cm³/mol. The Hall–Kier alpha value is -2.43. The largest absolute Gasteiger partial charge is 0.482 e. The molecule has 0 aromatic heterocycles. The molecule has 126 valence electrons. The van der Waals surface area contributed by atoms with E-state index < -0.39 is 11.6 Å². The van der Waals surface area contributed by atoms with Crippen LogP contribution in [0.5, 0.6) is 0 Å². The molecule has 3 rings (SSSR count). The van der Waals surface area contributed by atoms with E-state index in [9.17, 15) is 13.2 Å². The van der Waals surface area contributed by atoms with Gasteiger partial charge in [-0.25, -0.2) is 13.2 Å². The van der Waals surface area contributed by atoms with Gasteiger partial charge in [-0.15, -0.1) is 0 Å². The summed E-state index contributed by atoms with van der Waals surface area (Å²) in [5.41, 5.74) is 2.38. The maximum absolute atomic E-state index is 14.6. The van der Waals surface area contributed by atoms with Gasteiger partial charge in [0.2, 0.25) is 0 Å². The van der Waals surface area contributed by atoms with Gasteiger partial charge < -0.3 is 9.64 Å². The molecule has 2 aromatic carbocycles. The lowest BCUT2D eigenvalue weighted by Gasteiger charge is -2.36. The second kappa shape index (κ2) is 6.23. The number of anilines is 1. The third-order valence-corrected chi connectivity index (χ3v) is 4.49. The number of fused-ring (bicyclic) bond motifs is 1. The van der Waals surface area contributed by atoms with Crippen LogP contribution in [0.3, 0.4) is 0 Å². The SMILES string of the molecule is COC1=C(C)C(C)c2ccc(F)c(F)c2N1Cc1cccc(F)c1. The second-order valence-corrected chi connectivity index (χ2v) is 5.93. The number of hydrogen-bond acceptors (Lipinski definition) is 2. The number of hydrogen-bond donors (Lipinski definition) is 0. The lowest BCUT2D eigenvalue weighted by Crippen LogP contribution is -2.31. The summed E-state index contributed by atoms with van der Waals surface area (Å²) in [5, 5.41) is 0. The number of benzene rings is 2. The van der Waals surface area contributed by atoms with Crippen LogP contribution in [0.15, 0.2) is 47.9 Å². The van der Waals surface area contributed by atoms with Gasteiger partial charge in [0.15, 0.2) is 17.5 Å². The Bertz CT molecular complexity index is 816. The van der Waals surface area contributed by atoms with E-state index in [4.69, 9.17) is 4.74 Å². The summed E-state index contributed by atoms with van der Waals surface area (Å²) in [6.07, 6.45) is 0. The van der Waals surface area contributed by atoms with Crippen LogP contribution < -0.4 is 4.90 Å². The molecule has 2 nitrogen and oxygen atoms in total. The van der Waals surface area contributed by atoms with Crippen LogP contribution in [-0.4, -0.2) is 7.11 Å². The standard InChI is InChI=1S/C19H18F3NO/c1-11-12(2)19(24-3)23(10-13-5-4-6-14(20)9-13)18-15(11)7-8-16(21)17(18)22/h4-9,11H,10H2,1-3H3. The van der Waals surface area contributed by atoms with E-state index in [1.165, 1.54) is 19.2 Å². The van der Waals surface area contributed by atoms with Gasteiger partial charge in [-0.05, 0) is 41.8 Å². The Kier molecular flexibility index (Phi) is 4.26. The highest BCUT2D eigenvalue weighted by Crippen LogP contribution is 2.43. The van der Waals surface area contributed by atoms with Crippen LogP contribution in [0, 0.1) is 17.5 Å². The average molecular weight is 333 g/mol. The highest BCUT2D eigenvalue weighted by atomic mass is 19.2. The molecule has 0 aliphatic carbocycles. The van der Waals surface area contributed by atoms with E-state index in [0.717, 1.165) is 11.6 Å². The van der Waals surface area contributed by atoms with Gasteiger partial charge in [-0.2, -0.15) is 0 Å². The third kappa shape index (κ3) is 2.64. The Morgan fingerprint density at radius 3 is 2.54 bits per heavy atom. The van der Waals surface area contributed by atoms with E-state index in [1.807, 2.05) is 13.8 Å². The normalized spacial score (nSPS) is 17.1. The van der Waals surface area contributed by atoms with E-state index in [2.05, 4.69) is 0 Å². The van der Waals surface area contributed by atoms with E-state index in [1.54, 1.807) is 23.1 Å². The van der Waals surface area contributed by atoms with Crippen molar-refractivity contribution in [3.63, 3.8) is 0 Å². The van der Waals surface area contributed by atoms with Crippen molar-refractivity contribution in [1.82, 2.24) is 0 Å². The minimum absolute atomic E-state index is 0.103. The molecule has 0 amide bonds. The van der Waals surface area contributed by atoms with Crippen LogP contribution in [0.4, 0.5) is 18.9 Å². The number of allylic oxidation sites excluding steroid dienone is 1. The van der Waals surface area contributed by atoms with Crippen LogP contribution >= 0.6 is 0 Å². The summed E-state index contributed by atoms with van der Waals surface area (Å²) in [6, 6.07) is 8.76. The molecule has 0 bridgehead atoms. The zero-order valence-electron chi connectivity index (χ0n) is 13.7. The first-order valence-corrected chi connectivity index (χ1v) is 7.68. The molecule has 24 heavy (non-hydrogen) atoms. The third-order valence-electron chi connectivity index (χ3n) is 4.49. The molecule has 5 heteroatoms. The van der Waals surface area contributed by atoms with Crippen molar-refractivity contribution in [2.24, 2.45) is 0 Å². The molecule has 0 spiro atoms. The van der Waals surface area contributed by atoms with Crippen molar-refractivity contribution in [2.45, 2.75) is 26.3 Å². The molecular weight excluding hydrogens is 315 g/mol. The van der Waals surface area contributed by atoms with Gasteiger partial charge in [-0.3, -0.25) is 0 Å². The van der Waals surface area contributed by atoms with Gasteiger partial charge in [0.05, 0.1) is 19.3 Å². The number of nitrogens with zero attached hydrogens (tertiary/aromatic N) is 1. The Balaban J connectivity index is 2.16. The highest BCUT2D eigenvalue weighted by Gasteiger charge is 2.32. The molecule has 1 aliphatic rings. The van der Waals surface area contributed by atoms with Crippen LogP contribution in [-0.2, 0) is 11.3 Å². The van der Waals surface area contributed by atoms with E-state index >= 15 is 0 Å². The van der Waals surface area contributed by atoms with Gasteiger partial charge in [-0.1, -0.05) is 25.1 Å². The van der Waals surface area contributed by atoms with E-state index in [-0.39, 0.29) is 24.0 Å². The molecule has 0 radical (unpaired) electrons. The summed E-state index contributed by atoms with van der Waals surface area (Å²) in [4.78, 5) is 1.57. The second-order valence-electron chi connectivity index (χ2n) is 5.93. The summed E-state index contributed by atoms with van der Waals surface area (Å²) in [7, 11) is 1.49. The lowest BCUT2D eigenvalue weighted by atomic mass is 9.88. The van der Waals surface area contributed by atoms with Crippen LogP contribution in [0.1, 0.15) is 30.9 Å². The fraction of sp³-hybridized carbons (Fsp3) is 0.263. The first-order chi connectivity index (χ1) is 11.4. The molecule has 0 fully saturated rings. The molecule has 1 atom stereocenters. The Morgan fingerprint density at radius 2 is 1.88 bits per heavy atom. The molecule has 1 aliphatic heterocycles. The smallest absolute Gasteiger partial charge is 0.193 e. The average Bonchev–Trinajstić information content (AvgIpc) is 2.55. The molecule has 0 saturated carbocycles. The molecule has 2 aromatic rings. The van der Waals surface area contributed by atoms with Crippen molar-refractivity contribution in [1.29, 1.82) is 0 Å². The van der Waals surface area contributed by atoms with Crippen molar-refractivity contribution in [2.75, 3.05) is 12.0 Å². The molecule has 1 heterocycles.